The van der Waals surface area contributed by atoms with Gasteiger partial charge in [-0.05, 0) is 6.92 Å². The first-order valence-corrected chi connectivity index (χ1v) is 4.13. The number of hydrogen-bond acceptors (Lipinski definition) is 3. The molecule has 3 nitrogen and oxygen atoms in total. The molecule has 0 aromatic heterocycles. The number of hydrogen-bond donors (Lipinski definition) is 1. The van der Waals surface area contributed by atoms with Gasteiger partial charge in [-0.25, -0.2) is 0 Å². The van der Waals surface area contributed by atoms with Crippen LogP contribution in [0.15, 0.2) is 0 Å². The molecule has 1 aliphatic rings. The topological polar surface area (TPSA) is 38.3 Å². The van der Waals surface area contributed by atoms with Gasteiger partial charge in [0.1, 0.15) is 6.10 Å². The van der Waals surface area contributed by atoms with Gasteiger partial charge in [0.15, 0.2) is 5.78 Å². The third-order valence-electron chi connectivity index (χ3n) is 1.38. The summed E-state index contributed by atoms with van der Waals surface area (Å²) in [6.45, 7) is 7.75. The van der Waals surface area contributed by atoms with Crippen molar-refractivity contribution in [3.05, 3.63) is 0 Å². The molecule has 1 rings (SSSR count). The second-order valence-electron chi connectivity index (χ2n) is 2.17. The smallest absolute Gasteiger partial charge is 0.159 e. The van der Waals surface area contributed by atoms with Gasteiger partial charge >= 0.3 is 0 Å². The van der Waals surface area contributed by atoms with Crippen molar-refractivity contribution in [1.82, 2.24) is 5.32 Å². The highest BCUT2D eigenvalue weighted by Gasteiger charge is 2.16. The van der Waals surface area contributed by atoms with Gasteiger partial charge in [-0.15, -0.1) is 0 Å². The average molecular weight is 159 g/mol. The minimum Gasteiger partial charge on any atom is -0.368 e. The van der Waals surface area contributed by atoms with Crippen molar-refractivity contribution in [3.8, 4) is 0 Å². The fourth-order valence-electron chi connectivity index (χ4n) is 0.827. The van der Waals surface area contributed by atoms with Crippen molar-refractivity contribution in [2.75, 3.05) is 19.7 Å². The van der Waals surface area contributed by atoms with E-state index in [0.29, 0.717) is 13.2 Å². The van der Waals surface area contributed by atoms with E-state index in [1.54, 1.807) is 6.92 Å². The second kappa shape index (κ2) is 6.31. The Bertz CT molecular complexity index is 109. The maximum absolute atomic E-state index is 10.6. The predicted octanol–water partition coefficient (Wildman–Crippen LogP) is 0.590. The number of carbonyl (C=O) groups is 1. The molecule has 66 valence electrons. The third-order valence-corrected chi connectivity index (χ3v) is 1.38. The summed E-state index contributed by atoms with van der Waals surface area (Å²) < 4.78 is 5.13. The van der Waals surface area contributed by atoms with Gasteiger partial charge in [0.2, 0.25) is 0 Å². The van der Waals surface area contributed by atoms with Crippen LogP contribution in [0.4, 0.5) is 0 Å². The van der Waals surface area contributed by atoms with Crippen molar-refractivity contribution in [2.24, 2.45) is 0 Å². The van der Waals surface area contributed by atoms with Crippen LogP contribution < -0.4 is 5.32 Å². The van der Waals surface area contributed by atoms with Crippen molar-refractivity contribution >= 4 is 5.78 Å². The first-order chi connectivity index (χ1) is 5.30. The molecule has 1 fully saturated rings. The number of Topliss-reactive ketones (excluding diaryl/α,β-unsaturated/α-hetero) is 1. The van der Waals surface area contributed by atoms with Gasteiger partial charge in [-0.3, -0.25) is 4.79 Å². The van der Waals surface area contributed by atoms with E-state index in [-0.39, 0.29) is 11.9 Å². The van der Waals surface area contributed by atoms with Crippen molar-refractivity contribution in [1.29, 1.82) is 0 Å². The van der Waals surface area contributed by atoms with Crippen molar-refractivity contribution in [2.45, 2.75) is 26.9 Å². The minimum atomic E-state index is -0.196. The zero-order valence-corrected chi connectivity index (χ0v) is 7.52. The lowest BCUT2D eigenvalue weighted by atomic mass is 10.2. The number of ether oxygens (including phenoxy) is 1. The quantitative estimate of drug-likeness (QED) is 0.608. The molecule has 1 saturated heterocycles. The number of nitrogens with one attached hydrogen (secondary N) is 1. The van der Waals surface area contributed by atoms with Gasteiger partial charge < -0.3 is 10.1 Å². The van der Waals surface area contributed by atoms with Crippen LogP contribution in [-0.4, -0.2) is 31.6 Å². The Hall–Kier alpha value is -0.410. The zero-order chi connectivity index (χ0) is 8.69. The molecule has 1 unspecified atom stereocenters. The van der Waals surface area contributed by atoms with Crippen LogP contribution in [0.1, 0.15) is 20.8 Å². The van der Waals surface area contributed by atoms with E-state index in [1.807, 2.05) is 13.8 Å². The van der Waals surface area contributed by atoms with Crippen LogP contribution in [0, 0.1) is 0 Å². The standard InChI is InChI=1S/C6H11NO2.C2H6/c1-5(8)6-4-7-2-3-9-6;1-2/h6-7H,2-4H2,1H3;1-2H3. The predicted molar refractivity (Wildman–Crippen MR) is 44.6 cm³/mol. The molecule has 11 heavy (non-hydrogen) atoms. The van der Waals surface area contributed by atoms with E-state index in [9.17, 15) is 4.79 Å². The Kier molecular flexibility index (Phi) is 6.07. The molecule has 0 saturated carbocycles. The molecule has 0 radical (unpaired) electrons. The van der Waals surface area contributed by atoms with E-state index in [0.717, 1.165) is 6.54 Å². The second-order valence-corrected chi connectivity index (χ2v) is 2.17. The number of ketones is 1. The van der Waals surface area contributed by atoms with Crippen LogP contribution in [-0.2, 0) is 9.53 Å². The van der Waals surface area contributed by atoms with E-state index in [1.165, 1.54) is 0 Å². The van der Waals surface area contributed by atoms with Crippen LogP contribution >= 0.6 is 0 Å². The van der Waals surface area contributed by atoms with E-state index in [2.05, 4.69) is 5.32 Å². The van der Waals surface area contributed by atoms with Gasteiger partial charge in [0.25, 0.3) is 0 Å². The molecule has 3 heteroatoms. The summed E-state index contributed by atoms with van der Waals surface area (Å²) in [6.07, 6.45) is -0.196. The summed E-state index contributed by atoms with van der Waals surface area (Å²) in [7, 11) is 0. The van der Waals surface area contributed by atoms with Crippen LogP contribution in [0.2, 0.25) is 0 Å². The SMILES string of the molecule is CC.CC(=O)C1CNCCO1. The summed E-state index contributed by atoms with van der Waals surface area (Å²) in [6, 6.07) is 0. The Morgan fingerprint density at radius 3 is 2.45 bits per heavy atom. The lowest BCUT2D eigenvalue weighted by molar-refractivity contribution is -0.129. The third kappa shape index (κ3) is 4.11. The molecule has 0 spiro atoms. The Labute approximate surface area is 68.1 Å². The first kappa shape index (κ1) is 10.6. The minimum absolute atomic E-state index is 0.113. The van der Waals surface area contributed by atoms with Crippen LogP contribution in [0.5, 0.6) is 0 Å². The van der Waals surface area contributed by atoms with E-state index >= 15 is 0 Å². The molecule has 1 atom stereocenters. The van der Waals surface area contributed by atoms with Gasteiger partial charge in [0.05, 0.1) is 6.61 Å². The van der Waals surface area contributed by atoms with Crippen LogP contribution in [0.3, 0.4) is 0 Å². The molecule has 0 aromatic carbocycles. The number of rotatable bonds is 1. The zero-order valence-electron chi connectivity index (χ0n) is 7.52. The molecule has 1 N–H and O–H groups in total. The lowest BCUT2D eigenvalue weighted by Crippen LogP contribution is -2.42. The van der Waals surface area contributed by atoms with E-state index < -0.39 is 0 Å². The van der Waals surface area contributed by atoms with Gasteiger partial charge in [0, 0.05) is 13.1 Å². The van der Waals surface area contributed by atoms with Crippen molar-refractivity contribution < 1.29 is 9.53 Å². The van der Waals surface area contributed by atoms with Gasteiger partial charge in [-0.2, -0.15) is 0 Å². The highest BCUT2D eigenvalue weighted by atomic mass is 16.5. The highest BCUT2D eigenvalue weighted by Crippen LogP contribution is 1.95. The average Bonchev–Trinajstić information content (AvgIpc) is 2.10. The number of carbonyl (C=O) groups excluding carboxylic acids is 1. The Morgan fingerprint density at radius 2 is 2.18 bits per heavy atom. The molecule has 0 aliphatic carbocycles. The number of morpholine rings is 1. The summed E-state index contributed by atoms with van der Waals surface area (Å²) in [5, 5.41) is 3.07. The largest absolute Gasteiger partial charge is 0.368 e. The van der Waals surface area contributed by atoms with Crippen LogP contribution in [0.25, 0.3) is 0 Å². The maximum Gasteiger partial charge on any atom is 0.159 e. The molecule has 0 aromatic rings. The molecule has 1 heterocycles. The molecule has 0 amide bonds. The fourth-order valence-corrected chi connectivity index (χ4v) is 0.827. The monoisotopic (exact) mass is 159 g/mol. The fraction of sp³-hybridized carbons (Fsp3) is 0.875. The highest BCUT2D eigenvalue weighted by molar-refractivity contribution is 5.80. The molecule has 1 aliphatic heterocycles. The summed E-state index contributed by atoms with van der Waals surface area (Å²) in [5.41, 5.74) is 0. The summed E-state index contributed by atoms with van der Waals surface area (Å²) >= 11 is 0. The molecular formula is C8H17NO2. The molecule has 0 bridgehead atoms. The Balaban J connectivity index is 0.000000461. The molecular weight excluding hydrogens is 142 g/mol. The Morgan fingerprint density at radius 1 is 1.55 bits per heavy atom. The van der Waals surface area contributed by atoms with Gasteiger partial charge in [-0.1, -0.05) is 13.8 Å². The first-order valence-electron chi connectivity index (χ1n) is 4.13. The van der Waals surface area contributed by atoms with E-state index in [4.69, 9.17) is 4.74 Å². The summed E-state index contributed by atoms with van der Waals surface area (Å²) in [4.78, 5) is 10.6. The van der Waals surface area contributed by atoms with Crippen molar-refractivity contribution in [3.63, 3.8) is 0 Å². The normalized spacial score (nSPS) is 23.4. The maximum atomic E-state index is 10.6. The summed E-state index contributed by atoms with van der Waals surface area (Å²) in [5.74, 6) is 0.113. The lowest BCUT2D eigenvalue weighted by Gasteiger charge is -2.20.